The van der Waals surface area contributed by atoms with E-state index < -0.39 is 21.7 Å². The molecule has 1 saturated carbocycles. The molecule has 1 amide bonds. The number of para-hydroxylation sites is 1. The van der Waals surface area contributed by atoms with Crippen LogP contribution in [-0.4, -0.2) is 33.5 Å². The van der Waals surface area contributed by atoms with Crippen molar-refractivity contribution < 1.29 is 26.8 Å². The van der Waals surface area contributed by atoms with Crippen molar-refractivity contribution in [3.63, 3.8) is 0 Å². The van der Waals surface area contributed by atoms with E-state index in [2.05, 4.69) is 0 Å². The fourth-order valence-corrected chi connectivity index (χ4v) is 4.41. The second-order valence-electron chi connectivity index (χ2n) is 7.49. The third-order valence-electron chi connectivity index (χ3n) is 5.20. The number of furan rings is 1. The molecule has 1 aliphatic carbocycles. The maximum Gasteiger partial charge on any atom is 0.300 e. The molecule has 7 nitrogen and oxygen atoms in total. The molecular formula is C21H19FN2O5S. The molecule has 2 fully saturated rings. The number of nitrogens with zero attached hydrogens (tertiary/aromatic N) is 1. The van der Waals surface area contributed by atoms with Gasteiger partial charge in [0, 0.05) is 30.9 Å². The van der Waals surface area contributed by atoms with E-state index in [-0.39, 0.29) is 33.5 Å². The molecule has 5 rings (SSSR count). The van der Waals surface area contributed by atoms with Gasteiger partial charge < -0.3 is 14.1 Å². The fraction of sp³-hybridized carbons (Fsp3) is 0.286. The standard InChI is InChI=1S/C21H19FN2O5S/c22-16-10-13(24-8-3-9-24)11-18-15(16)12-19(29-18)21(25)23-30(26,27)20-5-2-1-4-17(20)28-14-6-7-14/h1-2,4-5,10-12,14H,3,6-9H2,(H,23,25). The smallest absolute Gasteiger partial charge is 0.300 e. The van der Waals surface area contributed by atoms with Gasteiger partial charge in [-0.2, -0.15) is 0 Å². The maximum atomic E-state index is 14.5. The summed E-state index contributed by atoms with van der Waals surface area (Å²) in [6, 6.07) is 10.4. The van der Waals surface area contributed by atoms with E-state index in [9.17, 15) is 17.6 Å². The molecule has 2 aliphatic rings. The minimum absolute atomic E-state index is 0.00370. The van der Waals surface area contributed by atoms with Gasteiger partial charge in [-0.3, -0.25) is 4.79 Å². The van der Waals surface area contributed by atoms with Gasteiger partial charge in [0.15, 0.2) is 5.76 Å². The monoisotopic (exact) mass is 430 g/mol. The van der Waals surface area contributed by atoms with Gasteiger partial charge in [-0.25, -0.2) is 17.5 Å². The van der Waals surface area contributed by atoms with Gasteiger partial charge >= 0.3 is 5.91 Å². The number of fused-ring (bicyclic) bond motifs is 1. The summed E-state index contributed by atoms with van der Waals surface area (Å²) in [6.45, 7) is 1.67. The normalized spacial score (nSPS) is 16.4. The molecule has 9 heteroatoms. The van der Waals surface area contributed by atoms with Crippen LogP contribution in [0.2, 0.25) is 0 Å². The first kappa shape index (κ1) is 18.9. The molecule has 1 saturated heterocycles. The first-order valence-corrected chi connectivity index (χ1v) is 11.2. The lowest BCUT2D eigenvalue weighted by Crippen LogP contribution is -2.36. The molecular weight excluding hydrogens is 411 g/mol. The largest absolute Gasteiger partial charge is 0.489 e. The lowest BCUT2D eigenvalue weighted by molar-refractivity contribution is 0.0956. The zero-order valence-corrected chi connectivity index (χ0v) is 16.7. The highest BCUT2D eigenvalue weighted by Crippen LogP contribution is 2.32. The summed E-state index contributed by atoms with van der Waals surface area (Å²) in [5.41, 5.74) is 0.864. The summed E-state index contributed by atoms with van der Waals surface area (Å²) in [4.78, 5) is 14.4. The number of nitrogens with one attached hydrogen (secondary N) is 1. The van der Waals surface area contributed by atoms with Gasteiger partial charge in [0.25, 0.3) is 10.0 Å². The summed E-state index contributed by atoms with van der Waals surface area (Å²) in [7, 11) is -4.21. The highest BCUT2D eigenvalue weighted by atomic mass is 32.2. The summed E-state index contributed by atoms with van der Waals surface area (Å²) in [5, 5.41) is 0.124. The molecule has 1 aromatic heterocycles. The summed E-state index contributed by atoms with van der Waals surface area (Å²) >= 11 is 0. The molecule has 1 N–H and O–H groups in total. The van der Waals surface area contributed by atoms with Gasteiger partial charge in [-0.15, -0.1) is 0 Å². The summed E-state index contributed by atoms with van der Waals surface area (Å²) in [5.74, 6) is -1.59. The van der Waals surface area contributed by atoms with Crippen molar-refractivity contribution in [2.75, 3.05) is 18.0 Å². The third kappa shape index (κ3) is 3.49. The van der Waals surface area contributed by atoms with Gasteiger partial charge in [0.1, 0.15) is 22.0 Å². The zero-order valence-electron chi connectivity index (χ0n) is 15.9. The van der Waals surface area contributed by atoms with E-state index in [1.165, 1.54) is 18.2 Å². The van der Waals surface area contributed by atoms with Crippen LogP contribution >= 0.6 is 0 Å². The number of sulfonamides is 1. The molecule has 30 heavy (non-hydrogen) atoms. The molecule has 3 aromatic rings. The molecule has 0 spiro atoms. The van der Waals surface area contributed by atoms with Crippen molar-refractivity contribution in [1.29, 1.82) is 0 Å². The van der Waals surface area contributed by atoms with Crippen LogP contribution in [-0.2, 0) is 10.0 Å². The zero-order chi connectivity index (χ0) is 20.9. The van der Waals surface area contributed by atoms with Crippen molar-refractivity contribution in [3.8, 4) is 5.75 Å². The highest BCUT2D eigenvalue weighted by molar-refractivity contribution is 7.90. The second kappa shape index (κ2) is 7.02. The van der Waals surface area contributed by atoms with Gasteiger partial charge in [0.2, 0.25) is 0 Å². The van der Waals surface area contributed by atoms with Gasteiger partial charge in [0.05, 0.1) is 11.5 Å². The number of carbonyl (C=O) groups excluding carboxylic acids is 1. The molecule has 1 aliphatic heterocycles. The van der Waals surface area contributed by atoms with Crippen molar-refractivity contribution in [2.45, 2.75) is 30.3 Å². The number of rotatable bonds is 6. The average Bonchev–Trinajstić information content (AvgIpc) is 3.35. The second-order valence-corrected chi connectivity index (χ2v) is 9.14. The van der Waals surface area contributed by atoms with E-state index >= 15 is 0 Å². The fourth-order valence-electron chi connectivity index (χ4n) is 3.31. The number of ether oxygens (including phenoxy) is 1. The Hall–Kier alpha value is -3.07. The predicted molar refractivity (Wildman–Crippen MR) is 108 cm³/mol. The van der Waals surface area contributed by atoms with Crippen LogP contribution in [0.5, 0.6) is 5.75 Å². The van der Waals surface area contributed by atoms with E-state index in [1.54, 1.807) is 24.3 Å². The van der Waals surface area contributed by atoms with Crippen LogP contribution in [0.4, 0.5) is 10.1 Å². The summed E-state index contributed by atoms with van der Waals surface area (Å²) in [6.07, 6.45) is 2.76. The molecule has 2 heterocycles. The van der Waals surface area contributed by atoms with Crippen LogP contribution in [0.3, 0.4) is 0 Å². The number of anilines is 1. The Morgan fingerprint density at radius 2 is 1.93 bits per heavy atom. The molecule has 0 radical (unpaired) electrons. The van der Waals surface area contributed by atoms with E-state index in [1.807, 2.05) is 9.62 Å². The Bertz CT molecular complexity index is 1250. The van der Waals surface area contributed by atoms with Crippen molar-refractivity contribution in [1.82, 2.24) is 4.72 Å². The van der Waals surface area contributed by atoms with Crippen LogP contribution in [0.25, 0.3) is 11.0 Å². The van der Waals surface area contributed by atoms with Gasteiger partial charge in [-0.05, 0) is 37.5 Å². The third-order valence-corrected chi connectivity index (χ3v) is 6.57. The summed E-state index contributed by atoms with van der Waals surface area (Å²) < 4.78 is 53.1. The first-order chi connectivity index (χ1) is 14.4. The lowest BCUT2D eigenvalue weighted by atomic mass is 10.1. The number of benzene rings is 2. The Labute approximate surface area is 172 Å². The quantitative estimate of drug-likeness (QED) is 0.645. The van der Waals surface area contributed by atoms with E-state index in [4.69, 9.17) is 9.15 Å². The number of halogens is 1. The van der Waals surface area contributed by atoms with E-state index in [0.717, 1.165) is 32.4 Å². The molecule has 156 valence electrons. The first-order valence-electron chi connectivity index (χ1n) is 9.71. The Kier molecular flexibility index (Phi) is 4.43. The predicted octanol–water partition coefficient (Wildman–Crippen LogP) is 3.44. The molecule has 0 atom stereocenters. The number of hydrogen-bond acceptors (Lipinski definition) is 6. The SMILES string of the molecule is O=C(NS(=O)(=O)c1ccccc1OC1CC1)c1cc2c(F)cc(N3CCC3)cc2o1. The van der Waals surface area contributed by atoms with Crippen molar-refractivity contribution >= 4 is 32.6 Å². The van der Waals surface area contributed by atoms with E-state index in [0.29, 0.717) is 5.69 Å². The molecule has 2 aromatic carbocycles. The van der Waals surface area contributed by atoms with Crippen molar-refractivity contribution in [3.05, 3.63) is 54.0 Å². The van der Waals surface area contributed by atoms with Crippen LogP contribution in [0, 0.1) is 5.82 Å². The number of amides is 1. The lowest BCUT2D eigenvalue weighted by Gasteiger charge is -2.33. The Morgan fingerprint density at radius 3 is 2.63 bits per heavy atom. The van der Waals surface area contributed by atoms with Crippen molar-refractivity contribution in [2.24, 2.45) is 0 Å². The Morgan fingerprint density at radius 1 is 1.17 bits per heavy atom. The van der Waals surface area contributed by atoms with Gasteiger partial charge in [-0.1, -0.05) is 12.1 Å². The topological polar surface area (TPSA) is 88.8 Å². The maximum absolute atomic E-state index is 14.5. The minimum Gasteiger partial charge on any atom is -0.489 e. The van der Waals surface area contributed by atoms with Crippen LogP contribution < -0.4 is 14.4 Å². The minimum atomic E-state index is -4.21. The van der Waals surface area contributed by atoms with Crippen LogP contribution in [0.1, 0.15) is 29.8 Å². The Balaban J connectivity index is 1.42. The molecule has 0 unspecified atom stereocenters. The average molecular weight is 430 g/mol. The highest BCUT2D eigenvalue weighted by Gasteiger charge is 2.29. The number of hydrogen-bond donors (Lipinski definition) is 1. The number of carbonyl (C=O) groups is 1. The van der Waals surface area contributed by atoms with Crippen LogP contribution in [0.15, 0.2) is 51.8 Å². The molecule has 0 bridgehead atoms.